The Bertz CT molecular complexity index is 1020. The van der Waals surface area contributed by atoms with E-state index in [4.69, 9.17) is 30.5 Å². The summed E-state index contributed by atoms with van der Waals surface area (Å²) in [5, 5.41) is 0.651. The van der Waals surface area contributed by atoms with Gasteiger partial charge in [0.25, 0.3) is 5.79 Å². The third kappa shape index (κ3) is 4.72. The van der Waals surface area contributed by atoms with Gasteiger partial charge in [-0.25, -0.2) is 9.59 Å². The number of halogens is 2. The van der Waals surface area contributed by atoms with Gasteiger partial charge in [0.2, 0.25) is 0 Å². The molecule has 0 aromatic heterocycles. The molecule has 1 saturated heterocycles. The lowest BCUT2D eigenvalue weighted by atomic mass is 10.1. The minimum absolute atomic E-state index is 0.152. The number of methoxy groups -OCH3 is 1. The Morgan fingerprint density at radius 1 is 1.10 bits per heavy atom. The molecule has 0 bridgehead atoms. The molecule has 1 spiro atoms. The Morgan fingerprint density at radius 2 is 1.74 bits per heavy atom. The lowest BCUT2D eigenvalue weighted by molar-refractivity contribution is -0.232. The molecule has 0 radical (unpaired) electrons. The van der Waals surface area contributed by atoms with Crippen molar-refractivity contribution in [2.24, 2.45) is 0 Å². The van der Waals surface area contributed by atoms with Crippen LogP contribution in [0, 0.1) is 0 Å². The molecule has 0 unspecified atom stereocenters. The van der Waals surface area contributed by atoms with Gasteiger partial charge in [0.15, 0.2) is 11.5 Å². The fourth-order valence-electron chi connectivity index (χ4n) is 3.65. The molecule has 2 aromatic carbocycles. The summed E-state index contributed by atoms with van der Waals surface area (Å²) in [6.45, 7) is 0.313. The van der Waals surface area contributed by atoms with Gasteiger partial charge in [-0.05, 0) is 70.2 Å². The summed E-state index contributed by atoms with van der Waals surface area (Å²) >= 11 is 9.40. The standard InChI is InChI=1S/C23H20BrClO6/c1-28-19-12-15(10-17-21(26)30-23(31-22(17)27)8-2-3-9-23)11-18(24)20(19)29-13-14-4-6-16(25)7-5-14/h4-7,10-12H,2-3,8-9,13H2,1H3. The van der Waals surface area contributed by atoms with Gasteiger partial charge in [-0.15, -0.1) is 0 Å². The first-order chi connectivity index (χ1) is 14.9. The van der Waals surface area contributed by atoms with Gasteiger partial charge >= 0.3 is 11.9 Å². The minimum Gasteiger partial charge on any atom is -0.493 e. The number of hydrogen-bond acceptors (Lipinski definition) is 6. The van der Waals surface area contributed by atoms with Gasteiger partial charge in [0, 0.05) is 17.9 Å². The van der Waals surface area contributed by atoms with E-state index in [9.17, 15) is 9.59 Å². The predicted octanol–water partition coefficient (Wildman–Crippen LogP) is 5.44. The third-order valence-electron chi connectivity index (χ3n) is 5.22. The van der Waals surface area contributed by atoms with Crippen LogP contribution in [0.2, 0.25) is 5.02 Å². The second kappa shape index (κ2) is 8.93. The predicted molar refractivity (Wildman–Crippen MR) is 118 cm³/mol. The Kier molecular flexibility index (Phi) is 6.25. The van der Waals surface area contributed by atoms with Gasteiger partial charge in [-0.3, -0.25) is 0 Å². The van der Waals surface area contributed by atoms with Crippen molar-refractivity contribution >= 4 is 45.5 Å². The molecule has 8 heteroatoms. The summed E-state index contributed by atoms with van der Waals surface area (Å²) in [6.07, 6.45) is 4.23. The van der Waals surface area contributed by atoms with Crippen LogP contribution >= 0.6 is 27.5 Å². The Hall–Kier alpha value is -2.51. The highest BCUT2D eigenvalue weighted by Gasteiger charge is 2.47. The van der Waals surface area contributed by atoms with E-state index in [1.807, 2.05) is 12.1 Å². The molecule has 2 aromatic rings. The van der Waals surface area contributed by atoms with Crippen LogP contribution in [-0.2, 0) is 25.7 Å². The van der Waals surface area contributed by atoms with Crippen molar-refractivity contribution in [3.05, 3.63) is 62.6 Å². The summed E-state index contributed by atoms with van der Waals surface area (Å²) in [5.41, 5.74) is 1.35. The molecule has 0 atom stereocenters. The second-order valence-corrected chi connectivity index (χ2v) is 8.69. The monoisotopic (exact) mass is 506 g/mol. The topological polar surface area (TPSA) is 71.1 Å². The number of benzene rings is 2. The Labute approximate surface area is 193 Å². The van der Waals surface area contributed by atoms with Gasteiger partial charge in [-0.1, -0.05) is 23.7 Å². The van der Waals surface area contributed by atoms with E-state index >= 15 is 0 Å². The maximum Gasteiger partial charge on any atom is 0.348 e. The molecular formula is C23H20BrClO6. The summed E-state index contributed by atoms with van der Waals surface area (Å²) in [7, 11) is 1.51. The van der Waals surface area contributed by atoms with Crippen molar-refractivity contribution in [3.63, 3.8) is 0 Å². The molecule has 2 aliphatic rings. The first-order valence-electron chi connectivity index (χ1n) is 9.82. The number of esters is 2. The number of ether oxygens (including phenoxy) is 4. The molecule has 0 N–H and O–H groups in total. The number of carbonyl (C=O) groups is 2. The van der Waals surface area contributed by atoms with Gasteiger partial charge in [-0.2, -0.15) is 0 Å². The van der Waals surface area contributed by atoms with Crippen LogP contribution in [0.5, 0.6) is 11.5 Å². The summed E-state index contributed by atoms with van der Waals surface area (Å²) in [6, 6.07) is 10.7. The highest BCUT2D eigenvalue weighted by molar-refractivity contribution is 9.10. The molecule has 2 fully saturated rings. The fourth-order valence-corrected chi connectivity index (χ4v) is 4.35. The molecule has 1 saturated carbocycles. The maximum atomic E-state index is 12.5. The van der Waals surface area contributed by atoms with E-state index < -0.39 is 17.7 Å². The molecule has 1 aliphatic heterocycles. The van der Waals surface area contributed by atoms with Crippen molar-refractivity contribution in [2.75, 3.05) is 7.11 Å². The largest absolute Gasteiger partial charge is 0.493 e. The van der Waals surface area contributed by atoms with E-state index in [0.717, 1.165) is 18.4 Å². The smallest absolute Gasteiger partial charge is 0.348 e. The molecule has 4 rings (SSSR count). The number of rotatable bonds is 5. The minimum atomic E-state index is -1.09. The average Bonchev–Trinajstić information content (AvgIpc) is 3.18. The van der Waals surface area contributed by atoms with E-state index in [2.05, 4.69) is 15.9 Å². The van der Waals surface area contributed by atoms with Gasteiger partial charge in [0.1, 0.15) is 12.2 Å². The third-order valence-corrected chi connectivity index (χ3v) is 6.06. The van der Waals surface area contributed by atoms with Gasteiger partial charge in [0.05, 0.1) is 11.6 Å². The Morgan fingerprint density at radius 3 is 2.35 bits per heavy atom. The number of carbonyl (C=O) groups excluding carboxylic acids is 2. The molecule has 1 aliphatic carbocycles. The lowest BCUT2D eigenvalue weighted by Gasteiger charge is -2.32. The molecule has 31 heavy (non-hydrogen) atoms. The molecule has 162 valence electrons. The number of hydrogen-bond donors (Lipinski definition) is 0. The van der Waals surface area contributed by atoms with Crippen molar-refractivity contribution in [3.8, 4) is 11.5 Å². The van der Waals surface area contributed by atoms with Crippen LogP contribution in [0.1, 0.15) is 36.8 Å². The second-order valence-electron chi connectivity index (χ2n) is 7.40. The first kappa shape index (κ1) is 21.7. The van der Waals surface area contributed by atoms with Crippen LogP contribution in [0.25, 0.3) is 6.08 Å². The van der Waals surface area contributed by atoms with Crippen LogP contribution < -0.4 is 9.47 Å². The van der Waals surface area contributed by atoms with Crippen molar-refractivity contribution < 1.29 is 28.5 Å². The SMILES string of the molecule is COc1cc(C=C2C(=O)OC3(CCCC3)OC2=O)cc(Br)c1OCc1ccc(Cl)cc1. The van der Waals surface area contributed by atoms with Crippen molar-refractivity contribution in [1.29, 1.82) is 0 Å². The first-order valence-corrected chi connectivity index (χ1v) is 11.0. The maximum absolute atomic E-state index is 12.5. The van der Waals surface area contributed by atoms with E-state index in [1.54, 1.807) is 24.3 Å². The zero-order valence-electron chi connectivity index (χ0n) is 16.8. The molecular weight excluding hydrogens is 488 g/mol. The molecule has 0 amide bonds. The quantitative estimate of drug-likeness (QED) is 0.305. The van der Waals surface area contributed by atoms with Gasteiger partial charge < -0.3 is 18.9 Å². The van der Waals surface area contributed by atoms with E-state index in [1.165, 1.54) is 13.2 Å². The van der Waals surface area contributed by atoms with Crippen molar-refractivity contribution in [1.82, 2.24) is 0 Å². The Balaban J connectivity index is 1.55. The van der Waals surface area contributed by atoms with E-state index in [0.29, 0.717) is 46.0 Å². The zero-order chi connectivity index (χ0) is 22.0. The zero-order valence-corrected chi connectivity index (χ0v) is 19.1. The lowest BCUT2D eigenvalue weighted by Crippen LogP contribution is -2.44. The highest BCUT2D eigenvalue weighted by atomic mass is 79.9. The summed E-state index contributed by atoms with van der Waals surface area (Å²) in [5.74, 6) is -1.49. The fraction of sp³-hybridized carbons (Fsp3) is 0.304. The normalized spacial score (nSPS) is 17.3. The van der Waals surface area contributed by atoms with Crippen molar-refractivity contribution in [2.45, 2.75) is 38.1 Å². The van der Waals surface area contributed by atoms with Crippen LogP contribution in [0.15, 0.2) is 46.4 Å². The summed E-state index contributed by atoms with van der Waals surface area (Å²) < 4.78 is 22.9. The summed E-state index contributed by atoms with van der Waals surface area (Å²) in [4.78, 5) is 25.0. The van der Waals surface area contributed by atoms with Crippen LogP contribution in [0.3, 0.4) is 0 Å². The van der Waals surface area contributed by atoms with Crippen LogP contribution in [0.4, 0.5) is 0 Å². The van der Waals surface area contributed by atoms with Crippen LogP contribution in [-0.4, -0.2) is 24.8 Å². The van der Waals surface area contributed by atoms with E-state index in [-0.39, 0.29) is 5.57 Å². The highest BCUT2D eigenvalue weighted by Crippen LogP contribution is 2.40. The molecule has 6 nitrogen and oxygen atoms in total. The molecule has 1 heterocycles. The average molecular weight is 508 g/mol.